The lowest BCUT2D eigenvalue weighted by Gasteiger charge is -2.36. The number of nitrogens with zero attached hydrogens (tertiary/aromatic N) is 3. The van der Waals surface area contributed by atoms with E-state index in [4.69, 9.17) is 10.00 Å². The van der Waals surface area contributed by atoms with Crippen LogP contribution in [-0.2, 0) is 6.42 Å². The van der Waals surface area contributed by atoms with Crippen LogP contribution < -0.4 is 15.0 Å². The van der Waals surface area contributed by atoms with Gasteiger partial charge in [-0.1, -0.05) is 18.2 Å². The second-order valence-electron chi connectivity index (χ2n) is 6.43. The zero-order valence-electron chi connectivity index (χ0n) is 15.5. The van der Waals surface area contributed by atoms with Crippen LogP contribution in [0.3, 0.4) is 0 Å². The molecule has 3 rings (SSSR count). The molecule has 1 fully saturated rings. The van der Waals surface area contributed by atoms with Crippen LogP contribution in [0.5, 0.6) is 5.75 Å². The Bertz CT molecular complexity index is 806. The van der Waals surface area contributed by atoms with Crippen molar-refractivity contribution in [2.24, 2.45) is 0 Å². The molecule has 140 valence electrons. The zero-order chi connectivity index (χ0) is 19.1. The second-order valence-corrected chi connectivity index (χ2v) is 6.43. The predicted octanol–water partition coefficient (Wildman–Crippen LogP) is 2.64. The van der Waals surface area contributed by atoms with Gasteiger partial charge in [0, 0.05) is 38.4 Å². The van der Waals surface area contributed by atoms with Crippen LogP contribution in [0, 0.1) is 11.3 Å². The number of piperazine rings is 1. The smallest absolute Gasteiger partial charge is 0.317 e. The Morgan fingerprint density at radius 2 is 1.81 bits per heavy atom. The van der Waals surface area contributed by atoms with Gasteiger partial charge in [0.15, 0.2) is 0 Å². The van der Waals surface area contributed by atoms with E-state index in [-0.39, 0.29) is 6.03 Å². The maximum Gasteiger partial charge on any atom is 0.317 e. The van der Waals surface area contributed by atoms with Gasteiger partial charge < -0.3 is 19.9 Å². The number of urea groups is 1. The summed E-state index contributed by atoms with van der Waals surface area (Å²) in [5.74, 6) is 0.850. The Morgan fingerprint density at radius 1 is 1.11 bits per heavy atom. The molecular formula is C21H24N4O2. The van der Waals surface area contributed by atoms with Crippen LogP contribution in [0.15, 0.2) is 48.5 Å². The van der Waals surface area contributed by atoms with Crippen LogP contribution in [0.2, 0.25) is 0 Å². The molecule has 6 heteroatoms. The fourth-order valence-electron chi connectivity index (χ4n) is 3.24. The number of methoxy groups -OCH3 is 1. The fraction of sp³-hybridized carbons (Fsp3) is 0.333. The first-order valence-electron chi connectivity index (χ1n) is 9.11. The quantitative estimate of drug-likeness (QED) is 0.886. The summed E-state index contributed by atoms with van der Waals surface area (Å²) in [5, 5.41) is 11.9. The highest BCUT2D eigenvalue weighted by molar-refractivity contribution is 5.74. The minimum Gasteiger partial charge on any atom is -0.496 e. The number of hydrogen-bond acceptors (Lipinski definition) is 4. The molecule has 1 saturated heterocycles. The predicted molar refractivity (Wildman–Crippen MR) is 105 cm³/mol. The summed E-state index contributed by atoms with van der Waals surface area (Å²) in [7, 11) is 1.66. The molecule has 2 amide bonds. The van der Waals surface area contributed by atoms with E-state index in [0.29, 0.717) is 25.2 Å². The van der Waals surface area contributed by atoms with Crippen LogP contribution in [0.25, 0.3) is 0 Å². The standard InChI is InChI=1S/C21H24N4O2/c1-27-20-5-3-2-4-18(20)10-11-23-21(26)25-14-12-24(13-15-25)19-8-6-17(16-22)7-9-19/h2-9H,10-15H2,1H3,(H,23,26). The summed E-state index contributed by atoms with van der Waals surface area (Å²) in [4.78, 5) is 16.5. The molecular weight excluding hydrogens is 340 g/mol. The number of ether oxygens (including phenoxy) is 1. The van der Waals surface area contributed by atoms with E-state index in [9.17, 15) is 4.79 Å². The van der Waals surface area contributed by atoms with Gasteiger partial charge in [0.2, 0.25) is 0 Å². The van der Waals surface area contributed by atoms with E-state index in [0.717, 1.165) is 36.5 Å². The van der Waals surface area contributed by atoms with E-state index in [1.165, 1.54) is 0 Å². The maximum atomic E-state index is 12.4. The van der Waals surface area contributed by atoms with Crippen molar-refractivity contribution >= 4 is 11.7 Å². The van der Waals surface area contributed by atoms with Crippen molar-refractivity contribution in [2.45, 2.75) is 6.42 Å². The number of benzene rings is 2. The number of carbonyl (C=O) groups excluding carboxylic acids is 1. The molecule has 0 atom stereocenters. The molecule has 0 saturated carbocycles. The second kappa shape index (κ2) is 8.95. The third-order valence-electron chi connectivity index (χ3n) is 4.79. The zero-order valence-corrected chi connectivity index (χ0v) is 15.5. The Morgan fingerprint density at radius 3 is 2.48 bits per heavy atom. The number of para-hydroxylation sites is 1. The molecule has 6 nitrogen and oxygen atoms in total. The van der Waals surface area contributed by atoms with Gasteiger partial charge in [-0.2, -0.15) is 5.26 Å². The normalized spacial score (nSPS) is 13.8. The highest BCUT2D eigenvalue weighted by atomic mass is 16.5. The van der Waals surface area contributed by atoms with Gasteiger partial charge in [-0.05, 0) is 42.3 Å². The Hall–Kier alpha value is -3.20. The summed E-state index contributed by atoms with van der Waals surface area (Å²) in [6.45, 7) is 3.51. The van der Waals surface area contributed by atoms with Crippen molar-refractivity contribution in [3.05, 3.63) is 59.7 Å². The highest BCUT2D eigenvalue weighted by Gasteiger charge is 2.21. The highest BCUT2D eigenvalue weighted by Crippen LogP contribution is 2.18. The first kappa shape index (κ1) is 18.6. The third kappa shape index (κ3) is 4.70. The number of hydrogen-bond donors (Lipinski definition) is 1. The van der Waals surface area contributed by atoms with Crippen molar-refractivity contribution in [1.82, 2.24) is 10.2 Å². The van der Waals surface area contributed by atoms with Gasteiger partial charge in [0.25, 0.3) is 0 Å². The molecule has 1 N–H and O–H groups in total. The first-order chi connectivity index (χ1) is 13.2. The Labute approximate surface area is 160 Å². The number of amides is 2. The first-order valence-corrected chi connectivity index (χ1v) is 9.11. The van der Waals surface area contributed by atoms with E-state index < -0.39 is 0 Å². The lowest BCUT2D eigenvalue weighted by molar-refractivity contribution is 0.194. The summed E-state index contributed by atoms with van der Waals surface area (Å²) in [6.07, 6.45) is 0.737. The average Bonchev–Trinajstić information content (AvgIpc) is 2.74. The summed E-state index contributed by atoms with van der Waals surface area (Å²) in [6, 6.07) is 17.5. The number of carbonyl (C=O) groups is 1. The topological polar surface area (TPSA) is 68.6 Å². The summed E-state index contributed by atoms with van der Waals surface area (Å²) in [5.41, 5.74) is 2.84. The Balaban J connectivity index is 1.45. The SMILES string of the molecule is COc1ccccc1CCNC(=O)N1CCN(c2ccc(C#N)cc2)CC1. The molecule has 2 aromatic carbocycles. The van der Waals surface area contributed by atoms with Gasteiger partial charge in [0.05, 0.1) is 18.7 Å². The summed E-state index contributed by atoms with van der Waals surface area (Å²) < 4.78 is 5.34. The van der Waals surface area contributed by atoms with Crippen LogP contribution in [-0.4, -0.2) is 50.8 Å². The Kier molecular flexibility index (Phi) is 6.16. The number of nitriles is 1. The van der Waals surface area contributed by atoms with Crippen LogP contribution in [0.1, 0.15) is 11.1 Å². The monoisotopic (exact) mass is 364 g/mol. The molecule has 0 radical (unpaired) electrons. The van der Waals surface area contributed by atoms with Crippen molar-refractivity contribution < 1.29 is 9.53 Å². The maximum absolute atomic E-state index is 12.4. The molecule has 0 spiro atoms. The number of anilines is 1. The van der Waals surface area contributed by atoms with Crippen LogP contribution in [0.4, 0.5) is 10.5 Å². The largest absolute Gasteiger partial charge is 0.496 e. The minimum absolute atomic E-state index is 0.0237. The van der Waals surface area contributed by atoms with E-state index >= 15 is 0 Å². The summed E-state index contributed by atoms with van der Waals surface area (Å²) >= 11 is 0. The number of nitrogens with one attached hydrogen (secondary N) is 1. The van der Waals surface area contributed by atoms with E-state index in [1.807, 2.05) is 53.4 Å². The van der Waals surface area contributed by atoms with Gasteiger partial charge in [-0.25, -0.2) is 4.79 Å². The van der Waals surface area contributed by atoms with E-state index in [1.54, 1.807) is 7.11 Å². The van der Waals surface area contributed by atoms with Gasteiger partial charge in [-0.15, -0.1) is 0 Å². The molecule has 1 aliphatic rings. The molecule has 0 aromatic heterocycles. The lowest BCUT2D eigenvalue weighted by Crippen LogP contribution is -2.52. The van der Waals surface area contributed by atoms with Crippen molar-refractivity contribution in [2.75, 3.05) is 44.7 Å². The molecule has 27 heavy (non-hydrogen) atoms. The lowest BCUT2D eigenvalue weighted by atomic mass is 10.1. The fourth-order valence-corrected chi connectivity index (χ4v) is 3.24. The van der Waals surface area contributed by atoms with Gasteiger partial charge >= 0.3 is 6.03 Å². The third-order valence-corrected chi connectivity index (χ3v) is 4.79. The molecule has 0 aliphatic carbocycles. The molecule has 0 bridgehead atoms. The van der Waals surface area contributed by atoms with Gasteiger partial charge in [-0.3, -0.25) is 0 Å². The average molecular weight is 364 g/mol. The van der Waals surface area contributed by atoms with Gasteiger partial charge in [0.1, 0.15) is 5.75 Å². The van der Waals surface area contributed by atoms with Crippen molar-refractivity contribution in [3.63, 3.8) is 0 Å². The van der Waals surface area contributed by atoms with Crippen LogP contribution >= 0.6 is 0 Å². The molecule has 1 heterocycles. The molecule has 1 aliphatic heterocycles. The minimum atomic E-state index is -0.0237. The molecule has 0 unspecified atom stereocenters. The van der Waals surface area contributed by atoms with Crippen molar-refractivity contribution in [1.29, 1.82) is 5.26 Å². The molecule has 2 aromatic rings. The van der Waals surface area contributed by atoms with E-state index in [2.05, 4.69) is 16.3 Å². The number of rotatable bonds is 5. The van der Waals surface area contributed by atoms with Crippen molar-refractivity contribution in [3.8, 4) is 11.8 Å².